The zero-order valence-corrected chi connectivity index (χ0v) is 10.9. The molecule has 0 saturated heterocycles. The van der Waals surface area contributed by atoms with Crippen molar-refractivity contribution in [3.63, 3.8) is 0 Å². The zero-order chi connectivity index (χ0) is 12.6. The van der Waals surface area contributed by atoms with E-state index >= 15 is 0 Å². The minimum absolute atomic E-state index is 0.234. The van der Waals surface area contributed by atoms with Crippen LogP contribution >= 0.6 is 11.6 Å². The maximum atomic E-state index is 13.4. The lowest BCUT2D eigenvalue weighted by molar-refractivity contribution is 0.297. The number of halogens is 2. The number of benzene rings is 1. The Bertz CT molecular complexity index is 424. The molecule has 1 saturated carbocycles. The summed E-state index contributed by atoms with van der Waals surface area (Å²) in [5.74, 6) is 0.242. The lowest BCUT2D eigenvalue weighted by Crippen LogP contribution is -2.34. The Balaban J connectivity index is 2.32. The lowest BCUT2D eigenvalue weighted by atomic mass is 9.95. The van der Waals surface area contributed by atoms with Crippen molar-refractivity contribution in [2.24, 2.45) is 5.73 Å². The minimum atomic E-state index is -0.418. The Hall–Kier alpha value is -0.800. The maximum Gasteiger partial charge on any atom is 0.141 e. The number of hydrogen-bond donors (Lipinski definition) is 1. The molecule has 1 aromatic carbocycles. The van der Waals surface area contributed by atoms with Gasteiger partial charge in [-0.3, -0.25) is 0 Å². The summed E-state index contributed by atoms with van der Waals surface area (Å²) in [6, 6.07) is 2.74. The van der Waals surface area contributed by atoms with E-state index in [1.54, 1.807) is 0 Å². The molecular formula is C13H17ClFNO. The van der Waals surface area contributed by atoms with E-state index in [2.05, 4.69) is 0 Å². The van der Waals surface area contributed by atoms with Gasteiger partial charge in [0.15, 0.2) is 0 Å². The van der Waals surface area contributed by atoms with Crippen molar-refractivity contribution >= 4 is 11.6 Å². The predicted octanol–water partition coefficient (Wildman–Crippen LogP) is 3.30. The van der Waals surface area contributed by atoms with Gasteiger partial charge in [-0.2, -0.15) is 0 Å². The molecule has 94 valence electrons. The highest BCUT2D eigenvalue weighted by Crippen LogP contribution is 2.36. The van der Waals surface area contributed by atoms with Crippen molar-refractivity contribution in [2.45, 2.75) is 44.8 Å². The summed E-state index contributed by atoms with van der Waals surface area (Å²) in [5, 5.41) is 0.330. The third kappa shape index (κ3) is 3.58. The molecule has 2 rings (SSSR count). The van der Waals surface area contributed by atoms with Crippen molar-refractivity contribution in [1.29, 1.82) is 0 Å². The van der Waals surface area contributed by atoms with Crippen LogP contribution in [-0.4, -0.2) is 11.6 Å². The first kappa shape index (κ1) is 12.7. The number of rotatable bonds is 4. The smallest absolute Gasteiger partial charge is 0.141 e. The van der Waals surface area contributed by atoms with E-state index in [-0.39, 0.29) is 11.9 Å². The minimum Gasteiger partial charge on any atom is -0.489 e. The predicted molar refractivity (Wildman–Crippen MR) is 67.0 cm³/mol. The highest BCUT2D eigenvalue weighted by molar-refractivity contribution is 6.32. The summed E-state index contributed by atoms with van der Waals surface area (Å²) in [7, 11) is 0. The van der Waals surface area contributed by atoms with Crippen molar-refractivity contribution in [1.82, 2.24) is 0 Å². The summed E-state index contributed by atoms with van der Waals surface area (Å²) in [4.78, 5) is 0. The molecule has 2 N–H and O–H groups in total. The average molecular weight is 258 g/mol. The van der Waals surface area contributed by atoms with E-state index in [1.807, 2.05) is 13.8 Å². The van der Waals surface area contributed by atoms with Gasteiger partial charge in [0.25, 0.3) is 0 Å². The molecule has 0 bridgehead atoms. The van der Waals surface area contributed by atoms with Gasteiger partial charge in [0.1, 0.15) is 11.6 Å². The molecule has 0 atom stereocenters. The second-order valence-electron chi connectivity index (χ2n) is 5.36. The summed E-state index contributed by atoms with van der Waals surface area (Å²) in [6.07, 6.45) is 2.85. The molecule has 0 spiro atoms. The molecular weight excluding hydrogens is 241 g/mol. The quantitative estimate of drug-likeness (QED) is 0.898. The van der Waals surface area contributed by atoms with Gasteiger partial charge in [0.05, 0.1) is 11.1 Å². The fraction of sp³-hybridized carbons (Fsp3) is 0.538. The normalized spacial score (nSPS) is 16.1. The molecule has 0 amide bonds. The Morgan fingerprint density at radius 2 is 2.12 bits per heavy atom. The van der Waals surface area contributed by atoms with Gasteiger partial charge in [-0.05, 0) is 45.2 Å². The average Bonchev–Trinajstić information content (AvgIpc) is 2.91. The molecule has 0 heterocycles. The van der Waals surface area contributed by atoms with Crippen LogP contribution in [0.2, 0.25) is 5.02 Å². The van der Waals surface area contributed by atoms with Gasteiger partial charge < -0.3 is 10.5 Å². The van der Waals surface area contributed by atoms with E-state index in [9.17, 15) is 4.39 Å². The first-order valence-corrected chi connectivity index (χ1v) is 6.16. The fourth-order valence-electron chi connectivity index (χ4n) is 1.72. The van der Waals surface area contributed by atoms with Gasteiger partial charge in [-0.25, -0.2) is 4.39 Å². The molecule has 17 heavy (non-hydrogen) atoms. The SMILES string of the molecule is CC(C)(N)Cc1cc(F)cc(Cl)c1OC1CC1. The Kier molecular flexibility index (Phi) is 3.32. The van der Waals surface area contributed by atoms with Crippen LogP contribution in [0.15, 0.2) is 12.1 Å². The maximum absolute atomic E-state index is 13.4. The van der Waals surface area contributed by atoms with E-state index in [0.717, 1.165) is 18.4 Å². The molecule has 1 aromatic rings. The second kappa shape index (κ2) is 4.46. The van der Waals surface area contributed by atoms with Crippen LogP contribution in [0.4, 0.5) is 4.39 Å². The summed E-state index contributed by atoms with van der Waals surface area (Å²) in [6.45, 7) is 3.79. The monoisotopic (exact) mass is 257 g/mol. The summed E-state index contributed by atoms with van der Waals surface area (Å²) >= 11 is 6.03. The molecule has 0 radical (unpaired) electrons. The van der Waals surface area contributed by atoms with E-state index < -0.39 is 5.54 Å². The first-order chi connectivity index (χ1) is 7.85. The molecule has 0 unspecified atom stereocenters. The van der Waals surface area contributed by atoms with Gasteiger partial charge in [0, 0.05) is 11.1 Å². The third-order valence-electron chi connectivity index (χ3n) is 2.54. The van der Waals surface area contributed by atoms with Crippen molar-refractivity contribution in [3.8, 4) is 5.75 Å². The molecule has 0 aromatic heterocycles. The van der Waals surface area contributed by atoms with Crippen LogP contribution < -0.4 is 10.5 Å². The number of hydrogen-bond acceptors (Lipinski definition) is 2. The van der Waals surface area contributed by atoms with E-state index in [0.29, 0.717) is 17.2 Å². The van der Waals surface area contributed by atoms with E-state index in [4.69, 9.17) is 22.1 Å². The summed E-state index contributed by atoms with van der Waals surface area (Å²) in [5.41, 5.74) is 6.29. The summed E-state index contributed by atoms with van der Waals surface area (Å²) < 4.78 is 19.1. The largest absolute Gasteiger partial charge is 0.489 e. The molecule has 1 aliphatic rings. The van der Waals surface area contributed by atoms with Gasteiger partial charge >= 0.3 is 0 Å². The van der Waals surface area contributed by atoms with Crippen molar-refractivity contribution < 1.29 is 9.13 Å². The molecule has 2 nitrogen and oxygen atoms in total. The number of ether oxygens (including phenoxy) is 1. The molecule has 0 aliphatic heterocycles. The lowest BCUT2D eigenvalue weighted by Gasteiger charge is -2.21. The van der Waals surface area contributed by atoms with Crippen LogP contribution in [0.3, 0.4) is 0 Å². The van der Waals surface area contributed by atoms with Crippen LogP contribution in [0.1, 0.15) is 32.3 Å². The Labute approximate surface area is 106 Å². The number of nitrogens with two attached hydrogens (primary N) is 1. The highest BCUT2D eigenvalue weighted by atomic mass is 35.5. The molecule has 4 heteroatoms. The third-order valence-corrected chi connectivity index (χ3v) is 2.82. The van der Waals surface area contributed by atoms with Crippen LogP contribution in [0.5, 0.6) is 5.75 Å². The van der Waals surface area contributed by atoms with Gasteiger partial charge in [0.2, 0.25) is 0 Å². The van der Waals surface area contributed by atoms with Crippen molar-refractivity contribution in [3.05, 3.63) is 28.5 Å². The molecule has 1 aliphatic carbocycles. The topological polar surface area (TPSA) is 35.2 Å². The van der Waals surface area contributed by atoms with Crippen molar-refractivity contribution in [2.75, 3.05) is 0 Å². The standard InChI is InChI=1S/C13H17ClFNO/c1-13(2,16)7-8-5-9(15)6-11(14)12(8)17-10-3-4-10/h5-6,10H,3-4,7,16H2,1-2H3. The van der Waals surface area contributed by atoms with Crippen LogP contribution in [0.25, 0.3) is 0 Å². The second-order valence-corrected chi connectivity index (χ2v) is 5.77. The molecule has 1 fully saturated rings. The Morgan fingerprint density at radius 1 is 1.47 bits per heavy atom. The van der Waals surface area contributed by atoms with Crippen LogP contribution in [-0.2, 0) is 6.42 Å². The Morgan fingerprint density at radius 3 is 2.65 bits per heavy atom. The highest BCUT2D eigenvalue weighted by Gasteiger charge is 2.27. The van der Waals surface area contributed by atoms with Gasteiger partial charge in [-0.1, -0.05) is 11.6 Å². The van der Waals surface area contributed by atoms with Gasteiger partial charge in [-0.15, -0.1) is 0 Å². The fourth-order valence-corrected chi connectivity index (χ4v) is 1.99. The van der Waals surface area contributed by atoms with Crippen LogP contribution in [0, 0.1) is 5.82 Å². The zero-order valence-electron chi connectivity index (χ0n) is 10.1. The first-order valence-electron chi connectivity index (χ1n) is 5.78. The van der Waals surface area contributed by atoms with E-state index in [1.165, 1.54) is 12.1 Å².